The summed E-state index contributed by atoms with van der Waals surface area (Å²) in [6.45, 7) is 0. The second-order valence-corrected chi connectivity index (χ2v) is 10.3. The molecule has 0 aliphatic carbocycles. The third-order valence-electron chi connectivity index (χ3n) is 4.23. The van der Waals surface area contributed by atoms with E-state index in [9.17, 15) is 9.59 Å². The first-order valence-corrected chi connectivity index (χ1v) is 12.3. The number of benzene rings is 1. The average Bonchev–Trinajstić information content (AvgIpc) is 3.48. The number of hydrogen-bond acceptors (Lipinski definition) is 7. The van der Waals surface area contributed by atoms with Gasteiger partial charge < -0.3 is 4.74 Å². The largest absolute Gasteiger partial charge is 0.495 e. The molecule has 0 spiro atoms. The van der Waals surface area contributed by atoms with Crippen molar-refractivity contribution in [1.29, 1.82) is 0 Å². The number of methoxy groups -OCH3 is 1. The molecule has 1 aromatic carbocycles. The van der Waals surface area contributed by atoms with Crippen LogP contribution in [0.2, 0.25) is 9.36 Å². The summed E-state index contributed by atoms with van der Waals surface area (Å²) < 4.78 is 5.76. The Labute approximate surface area is 201 Å². The van der Waals surface area contributed by atoms with Gasteiger partial charge in [0.05, 0.1) is 32.8 Å². The molecule has 1 amide bonds. The number of amides is 1. The van der Waals surface area contributed by atoms with E-state index in [1.165, 1.54) is 46.4 Å². The van der Waals surface area contributed by atoms with E-state index < -0.39 is 0 Å². The van der Waals surface area contributed by atoms with Crippen molar-refractivity contribution in [3.63, 3.8) is 0 Å². The zero-order valence-electron chi connectivity index (χ0n) is 16.0. The molecule has 3 heterocycles. The fourth-order valence-electron chi connectivity index (χ4n) is 2.79. The summed E-state index contributed by atoms with van der Waals surface area (Å²) in [6.07, 6.45) is 1.74. The molecule has 0 unspecified atom stereocenters. The van der Waals surface area contributed by atoms with Crippen molar-refractivity contribution < 1.29 is 14.3 Å². The fraction of sp³-hybridized carbons (Fsp3) is 0.0952. The van der Waals surface area contributed by atoms with Crippen LogP contribution in [0.5, 0.6) is 5.75 Å². The highest BCUT2D eigenvalue weighted by Crippen LogP contribution is 2.35. The number of thioether (sulfide) groups is 1. The molecule has 3 aromatic rings. The number of halogens is 2. The fourth-order valence-corrected chi connectivity index (χ4v) is 5.66. The Hall–Kier alpha value is -2.10. The van der Waals surface area contributed by atoms with Crippen LogP contribution in [0.1, 0.15) is 14.5 Å². The lowest BCUT2D eigenvalue weighted by Crippen LogP contribution is -2.30. The number of hydrogen-bond donors (Lipinski definition) is 0. The van der Waals surface area contributed by atoms with Gasteiger partial charge in [0.15, 0.2) is 11.0 Å². The zero-order valence-corrected chi connectivity index (χ0v) is 20.0. The van der Waals surface area contributed by atoms with Crippen molar-refractivity contribution in [2.75, 3.05) is 17.8 Å². The number of aliphatic imine (C=N–C) groups is 1. The van der Waals surface area contributed by atoms with Gasteiger partial charge in [-0.3, -0.25) is 14.5 Å². The minimum atomic E-state index is -0.288. The van der Waals surface area contributed by atoms with Gasteiger partial charge in [0.2, 0.25) is 0 Å². The third-order valence-corrected chi connectivity index (χ3v) is 7.55. The van der Waals surface area contributed by atoms with E-state index >= 15 is 0 Å². The van der Waals surface area contributed by atoms with Crippen LogP contribution in [0.4, 0.5) is 5.69 Å². The molecule has 31 heavy (non-hydrogen) atoms. The van der Waals surface area contributed by atoms with Gasteiger partial charge in [-0.05, 0) is 47.9 Å². The van der Waals surface area contributed by atoms with E-state index in [1.54, 1.807) is 36.4 Å². The Morgan fingerprint density at radius 3 is 2.74 bits per heavy atom. The van der Waals surface area contributed by atoms with Gasteiger partial charge in [-0.2, -0.15) is 0 Å². The van der Waals surface area contributed by atoms with E-state index in [4.69, 9.17) is 27.9 Å². The van der Waals surface area contributed by atoms with Crippen molar-refractivity contribution in [3.8, 4) is 5.75 Å². The van der Waals surface area contributed by atoms with Gasteiger partial charge in [0.25, 0.3) is 5.91 Å². The first-order valence-electron chi connectivity index (χ1n) is 8.89. The Bertz CT molecular complexity index is 1200. The quantitative estimate of drug-likeness (QED) is 0.282. The Morgan fingerprint density at radius 1 is 1.26 bits per heavy atom. The second-order valence-electron chi connectivity index (χ2n) is 6.21. The molecule has 0 fully saturated rings. The maximum absolute atomic E-state index is 13.2. The first kappa shape index (κ1) is 22.1. The summed E-state index contributed by atoms with van der Waals surface area (Å²) in [5.74, 6) is 0.252. The van der Waals surface area contributed by atoms with Crippen LogP contribution in [0.15, 0.2) is 58.5 Å². The Kier molecular flexibility index (Phi) is 6.83. The monoisotopic (exact) mass is 508 g/mol. The summed E-state index contributed by atoms with van der Waals surface area (Å²) in [6, 6.07) is 12.3. The normalized spacial score (nSPS) is 14.9. The number of carbonyl (C=O) groups is 2. The number of Topliss-reactive ketones (excluding diaryl/α,β-unsaturated/α-hetero) is 1. The predicted octanol–water partition coefficient (Wildman–Crippen LogP) is 6.48. The molecular formula is C21H14Cl2N2O3S3. The van der Waals surface area contributed by atoms with Gasteiger partial charge in [-0.25, -0.2) is 4.99 Å². The van der Waals surface area contributed by atoms with E-state index in [0.29, 0.717) is 36.5 Å². The molecule has 2 aromatic heterocycles. The molecule has 0 bridgehead atoms. The van der Waals surface area contributed by atoms with Crippen molar-refractivity contribution in [1.82, 2.24) is 0 Å². The molecule has 5 nitrogen and oxygen atoms in total. The van der Waals surface area contributed by atoms with Crippen LogP contribution in [0.25, 0.3) is 6.08 Å². The molecule has 0 atom stereocenters. The van der Waals surface area contributed by atoms with Gasteiger partial charge in [-0.1, -0.05) is 41.0 Å². The molecule has 0 saturated carbocycles. The number of nitrogens with zero attached hydrogens (tertiary/aromatic N) is 2. The highest BCUT2D eigenvalue weighted by atomic mass is 35.5. The molecule has 4 rings (SSSR count). The number of ketones is 1. The van der Waals surface area contributed by atoms with Crippen molar-refractivity contribution in [2.45, 2.75) is 0 Å². The lowest BCUT2D eigenvalue weighted by Gasteiger charge is -2.18. The molecule has 158 valence electrons. The number of thiophene rings is 2. The summed E-state index contributed by atoms with van der Waals surface area (Å²) in [5, 5.41) is 2.71. The smallest absolute Gasteiger partial charge is 0.283 e. The number of carbonyl (C=O) groups excluding carboxylic acids is 2. The van der Waals surface area contributed by atoms with Gasteiger partial charge in [0, 0.05) is 4.88 Å². The molecule has 1 aliphatic rings. The predicted molar refractivity (Wildman–Crippen MR) is 131 cm³/mol. The molecule has 0 N–H and O–H groups in total. The lowest BCUT2D eigenvalue weighted by atomic mass is 10.2. The van der Waals surface area contributed by atoms with Crippen molar-refractivity contribution in [2.24, 2.45) is 4.99 Å². The van der Waals surface area contributed by atoms with Crippen LogP contribution in [0.3, 0.4) is 0 Å². The van der Waals surface area contributed by atoms with Crippen LogP contribution in [-0.2, 0) is 4.79 Å². The van der Waals surface area contributed by atoms with E-state index in [-0.39, 0.29) is 17.4 Å². The van der Waals surface area contributed by atoms with E-state index in [2.05, 4.69) is 4.99 Å². The molecule has 1 aliphatic heterocycles. The number of rotatable bonds is 6. The highest BCUT2D eigenvalue weighted by Gasteiger charge is 2.33. The topological polar surface area (TPSA) is 59.0 Å². The minimum absolute atomic E-state index is 0.0829. The molecular weight excluding hydrogens is 495 g/mol. The maximum atomic E-state index is 13.2. The standard InChI is InChI=1S/C21H14Cl2N2O3S3/c1-28-17-5-4-12(9-14(17)22)25-20(27)15(10-13-3-2-8-29-13)24-21(25)30-11-16(26)18-6-7-19(23)31-18/h2-10H,11H2,1H3/b15-10-. The summed E-state index contributed by atoms with van der Waals surface area (Å²) in [4.78, 5) is 33.2. The molecule has 10 heteroatoms. The molecule has 0 radical (unpaired) electrons. The van der Waals surface area contributed by atoms with Crippen molar-refractivity contribution in [3.05, 3.63) is 72.7 Å². The van der Waals surface area contributed by atoms with Gasteiger partial charge in [-0.15, -0.1) is 22.7 Å². The summed E-state index contributed by atoms with van der Waals surface area (Å²) >= 11 is 16.1. The van der Waals surface area contributed by atoms with E-state index in [0.717, 1.165) is 4.88 Å². The third kappa shape index (κ3) is 4.88. The van der Waals surface area contributed by atoms with Gasteiger partial charge in [0.1, 0.15) is 11.4 Å². The van der Waals surface area contributed by atoms with E-state index in [1.807, 2.05) is 17.5 Å². The SMILES string of the molecule is COc1ccc(N2C(=O)/C(=C/c3cccs3)N=C2SCC(=O)c2ccc(Cl)s2)cc1Cl. The summed E-state index contributed by atoms with van der Waals surface area (Å²) in [7, 11) is 1.52. The van der Waals surface area contributed by atoms with Crippen LogP contribution in [-0.4, -0.2) is 29.7 Å². The van der Waals surface area contributed by atoms with Crippen LogP contribution >= 0.6 is 57.6 Å². The Balaban J connectivity index is 1.64. The summed E-state index contributed by atoms with van der Waals surface area (Å²) in [5.41, 5.74) is 0.840. The first-order chi connectivity index (χ1) is 15.0. The Morgan fingerprint density at radius 2 is 2.10 bits per heavy atom. The highest BCUT2D eigenvalue weighted by molar-refractivity contribution is 8.14. The van der Waals surface area contributed by atoms with Crippen LogP contribution in [0, 0.1) is 0 Å². The van der Waals surface area contributed by atoms with Crippen LogP contribution < -0.4 is 9.64 Å². The lowest BCUT2D eigenvalue weighted by molar-refractivity contribution is -0.113. The number of ether oxygens (including phenoxy) is 1. The molecule has 0 saturated heterocycles. The second kappa shape index (κ2) is 9.58. The maximum Gasteiger partial charge on any atom is 0.283 e. The minimum Gasteiger partial charge on any atom is -0.495 e. The number of amidine groups is 1. The number of anilines is 1. The van der Waals surface area contributed by atoms with Crippen molar-refractivity contribution >= 4 is 86.3 Å². The zero-order chi connectivity index (χ0) is 22.0. The average molecular weight is 509 g/mol. The van der Waals surface area contributed by atoms with Gasteiger partial charge >= 0.3 is 0 Å².